The Kier molecular flexibility index (Phi) is 5.82. The van der Waals surface area contributed by atoms with Crippen molar-refractivity contribution in [3.63, 3.8) is 0 Å². The second-order valence-electron chi connectivity index (χ2n) is 2.61. The molecule has 2 atom stereocenters. The van der Waals surface area contributed by atoms with E-state index in [-0.39, 0.29) is 13.2 Å². The summed E-state index contributed by atoms with van der Waals surface area (Å²) in [5.74, 6) is -0.959. The van der Waals surface area contributed by atoms with E-state index in [1.165, 1.54) is 13.8 Å². The van der Waals surface area contributed by atoms with Gasteiger partial charge in [0.25, 0.3) is 0 Å². The molecule has 82 valence electrons. The smallest absolute Gasteiger partial charge is 0.347 e. The van der Waals surface area contributed by atoms with E-state index in [0.29, 0.717) is 0 Å². The van der Waals surface area contributed by atoms with Crippen LogP contribution in [0.15, 0.2) is 0 Å². The lowest BCUT2D eigenvalue weighted by Gasteiger charge is -2.22. The number of esters is 2. The van der Waals surface area contributed by atoms with Crippen molar-refractivity contribution in [2.24, 2.45) is 0 Å². The largest absolute Gasteiger partial charge is 0.448 e. The molecule has 2 unspecified atom stereocenters. The summed E-state index contributed by atoms with van der Waals surface area (Å²) < 4.78 is 9.19. The molecule has 2 N–H and O–H groups in total. The highest BCUT2D eigenvalue weighted by atomic mass is 16.6. The third-order valence-electron chi connectivity index (χ3n) is 1.35. The van der Waals surface area contributed by atoms with Crippen LogP contribution in [0.3, 0.4) is 0 Å². The third kappa shape index (κ3) is 4.20. The molecule has 1 aliphatic rings. The fourth-order valence-corrected chi connectivity index (χ4v) is 0.636. The first kappa shape index (κ1) is 12.9. The fourth-order valence-electron chi connectivity index (χ4n) is 0.636. The first-order chi connectivity index (χ1) is 6.52. The summed E-state index contributed by atoms with van der Waals surface area (Å²) in [7, 11) is 0. The third-order valence-corrected chi connectivity index (χ3v) is 1.35. The Labute approximate surface area is 81.4 Å². The Bertz CT molecular complexity index is 180. The average molecular weight is 206 g/mol. The lowest BCUT2D eigenvalue weighted by Crippen LogP contribution is -2.40. The zero-order valence-electron chi connectivity index (χ0n) is 8.10. The van der Waals surface area contributed by atoms with E-state index in [0.717, 1.165) is 0 Å². The van der Waals surface area contributed by atoms with Gasteiger partial charge in [-0.3, -0.25) is 0 Å². The van der Waals surface area contributed by atoms with Crippen LogP contribution in [0.2, 0.25) is 0 Å². The molecule has 6 nitrogen and oxygen atoms in total. The quantitative estimate of drug-likeness (QED) is 0.525. The number of carbonyl (C=O) groups excluding carboxylic acids is 2. The van der Waals surface area contributed by atoms with E-state index in [2.05, 4.69) is 9.47 Å². The molecule has 1 rings (SSSR count). The van der Waals surface area contributed by atoms with Gasteiger partial charge in [-0.1, -0.05) is 0 Å². The van der Waals surface area contributed by atoms with Crippen LogP contribution < -0.4 is 0 Å². The van der Waals surface area contributed by atoms with E-state index in [1.807, 2.05) is 0 Å². The van der Waals surface area contributed by atoms with Gasteiger partial charge in [-0.2, -0.15) is 0 Å². The summed E-state index contributed by atoms with van der Waals surface area (Å²) >= 11 is 0. The highest BCUT2D eigenvalue weighted by molar-refractivity contribution is 5.86. The second kappa shape index (κ2) is 6.33. The van der Waals surface area contributed by atoms with Crippen LogP contribution in [0.5, 0.6) is 0 Å². The molecule has 0 aromatic rings. The van der Waals surface area contributed by atoms with Crippen molar-refractivity contribution in [3.05, 3.63) is 0 Å². The highest BCUT2D eigenvalue weighted by Gasteiger charge is 2.32. The number of hydrogen-bond donors (Lipinski definition) is 2. The zero-order chi connectivity index (χ0) is 11.1. The molecule has 0 saturated carbocycles. The number of hydrogen-bond acceptors (Lipinski definition) is 6. The molecule has 0 spiro atoms. The van der Waals surface area contributed by atoms with Crippen molar-refractivity contribution in [3.8, 4) is 0 Å². The molecule has 14 heavy (non-hydrogen) atoms. The van der Waals surface area contributed by atoms with Gasteiger partial charge in [0.05, 0.1) is 13.2 Å². The SMILES string of the molecule is CC1OC(=O)C(C)OC1=O.OCCO. The molecule has 6 heteroatoms. The standard InChI is InChI=1S/C6H8O4.C2H6O2/c1-3-5(7)10-4(2)6(8)9-3;3-1-2-4/h3-4H,1-2H3;3-4H,1-2H2. The normalized spacial score (nSPS) is 25.7. The van der Waals surface area contributed by atoms with Gasteiger partial charge in [-0.15, -0.1) is 0 Å². The first-order valence-electron chi connectivity index (χ1n) is 4.15. The molecule has 0 bridgehead atoms. The predicted molar refractivity (Wildman–Crippen MR) is 45.3 cm³/mol. The van der Waals surface area contributed by atoms with Crippen molar-refractivity contribution in [2.45, 2.75) is 26.1 Å². The summed E-state index contributed by atoms with van der Waals surface area (Å²) in [6.45, 7) is 2.71. The van der Waals surface area contributed by atoms with Crippen molar-refractivity contribution in [1.29, 1.82) is 0 Å². The summed E-state index contributed by atoms with van der Waals surface area (Å²) in [4.78, 5) is 21.3. The minimum Gasteiger partial charge on any atom is -0.448 e. The molecule has 1 aliphatic heterocycles. The maximum absolute atomic E-state index is 10.7. The van der Waals surface area contributed by atoms with Crippen molar-refractivity contribution >= 4 is 11.9 Å². The van der Waals surface area contributed by atoms with Gasteiger partial charge in [0.15, 0.2) is 12.2 Å². The van der Waals surface area contributed by atoms with E-state index >= 15 is 0 Å². The van der Waals surface area contributed by atoms with Gasteiger partial charge in [0, 0.05) is 0 Å². The van der Waals surface area contributed by atoms with E-state index < -0.39 is 24.1 Å². The maximum Gasteiger partial charge on any atom is 0.347 e. The van der Waals surface area contributed by atoms with Crippen LogP contribution in [-0.2, 0) is 19.1 Å². The molecular weight excluding hydrogens is 192 g/mol. The summed E-state index contributed by atoms with van der Waals surface area (Å²) in [5, 5.41) is 15.2. The van der Waals surface area contributed by atoms with Gasteiger partial charge in [0.2, 0.25) is 0 Å². The lowest BCUT2D eigenvalue weighted by atomic mass is 10.3. The van der Waals surface area contributed by atoms with Crippen molar-refractivity contribution in [1.82, 2.24) is 0 Å². The highest BCUT2D eigenvalue weighted by Crippen LogP contribution is 2.08. The molecule has 1 fully saturated rings. The Hall–Kier alpha value is -1.14. The second-order valence-corrected chi connectivity index (χ2v) is 2.61. The summed E-state index contributed by atoms with van der Waals surface area (Å²) in [6.07, 6.45) is -1.49. The zero-order valence-corrected chi connectivity index (χ0v) is 8.10. The summed E-state index contributed by atoms with van der Waals surface area (Å²) in [6, 6.07) is 0. The first-order valence-corrected chi connectivity index (χ1v) is 4.15. The van der Waals surface area contributed by atoms with Gasteiger partial charge in [-0.05, 0) is 13.8 Å². The van der Waals surface area contributed by atoms with Crippen LogP contribution in [0, 0.1) is 0 Å². The Morgan fingerprint density at radius 3 is 1.50 bits per heavy atom. The minimum atomic E-state index is -0.747. The number of rotatable bonds is 1. The molecule has 0 aromatic heterocycles. The molecule has 0 amide bonds. The molecule has 0 radical (unpaired) electrons. The van der Waals surface area contributed by atoms with Gasteiger partial charge >= 0.3 is 11.9 Å². The molecular formula is C8H14O6. The Balaban J connectivity index is 0.000000364. The molecule has 0 aliphatic carbocycles. The number of carbonyl (C=O) groups is 2. The number of cyclic esters (lactones) is 2. The summed E-state index contributed by atoms with van der Waals surface area (Å²) in [5.41, 5.74) is 0. The molecule has 0 aromatic carbocycles. The van der Waals surface area contributed by atoms with E-state index in [9.17, 15) is 9.59 Å². The van der Waals surface area contributed by atoms with Crippen LogP contribution in [0.1, 0.15) is 13.8 Å². The lowest BCUT2D eigenvalue weighted by molar-refractivity contribution is -0.191. The fraction of sp³-hybridized carbons (Fsp3) is 0.750. The predicted octanol–water partition coefficient (Wildman–Crippen LogP) is -1.17. The van der Waals surface area contributed by atoms with Gasteiger partial charge < -0.3 is 19.7 Å². The Morgan fingerprint density at radius 1 is 1.00 bits per heavy atom. The maximum atomic E-state index is 10.7. The van der Waals surface area contributed by atoms with Gasteiger partial charge in [-0.25, -0.2) is 9.59 Å². The van der Waals surface area contributed by atoms with Crippen LogP contribution >= 0.6 is 0 Å². The Morgan fingerprint density at radius 2 is 1.29 bits per heavy atom. The van der Waals surface area contributed by atoms with E-state index in [1.54, 1.807) is 0 Å². The van der Waals surface area contributed by atoms with Crippen LogP contribution in [0.4, 0.5) is 0 Å². The minimum absolute atomic E-state index is 0.125. The number of aliphatic hydroxyl groups is 2. The van der Waals surface area contributed by atoms with E-state index in [4.69, 9.17) is 10.2 Å². The van der Waals surface area contributed by atoms with Crippen LogP contribution in [0.25, 0.3) is 0 Å². The van der Waals surface area contributed by atoms with Crippen molar-refractivity contribution < 1.29 is 29.3 Å². The van der Waals surface area contributed by atoms with Crippen molar-refractivity contribution in [2.75, 3.05) is 13.2 Å². The molecule has 1 saturated heterocycles. The monoisotopic (exact) mass is 206 g/mol. The average Bonchev–Trinajstić information content (AvgIpc) is 2.15. The topological polar surface area (TPSA) is 93.1 Å². The molecule has 1 heterocycles. The number of ether oxygens (including phenoxy) is 2. The van der Waals surface area contributed by atoms with Crippen LogP contribution in [-0.4, -0.2) is 47.6 Å². The van der Waals surface area contributed by atoms with Gasteiger partial charge in [0.1, 0.15) is 0 Å². The number of aliphatic hydroxyl groups excluding tert-OH is 2.